The SMILES string of the molecule is Cc1cc(C2=N/C(=C\c3ccc(Br)s3)C(=O)O2)ccc1I. The number of ether oxygens (including phenoxy) is 1. The van der Waals surface area contributed by atoms with E-state index in [-0.39, 0.29) is 0 Å². The summed E-state index contributed by atoms with van der Waals surface area (Å²) in [6.45, 7) is 2.02. The van der Waals surface area contributed by atoms with Crippen molar-refractivity contribution in [1.29, 1.82) is 0 Å². The number of halogens is 2. The Labute approximate surface area is 148 Å². The van der Waals surface area contributed by atoms with Gasteiger partial charge in [0.05, 0.1) is 3.79 Å². The molecule has 0 N–H and O–H groups in total. The van der Waals surface area contributed by atoms with E-state index < -0.39 is 5.97 Å². The van der Waals surface area contributed by atoms with Crippen LogP contribution in [-0.2, 0) is 9.53 Å². The van der Waals surface area contributed by atoms with Gasteiger partial charge in [-0.15, -0.1) is 11.3 Å². The highest BCUT2D eigenvalue weighted by Gasteiger charge is 2.24. The quantitative estimate of drug-likeness (QED) is 0.358. The molecule has 21 heavy (non-hydrogen) atoms. The lowest BCUT2D eigenvalue weighted by molar-refractivity contribution is -0.129. The van der Waals surface area contributed by atoms with E-state index in [1.165, 1.54) is 3.57 Å². The maximum Gasteiger partial charge on any atom is 0.363 e. The highest BCUT2D eigenvalue weighted by atomic mass is 127. The van der Waals surface area contributed by atoms with Crippen LogP contribution >= 0.6 is 49.9 Å². The van der Waals surface area contributed by atoms with Gasteiger partial charge < -0.3 is 4.74 Å². The summed E-state index contributed by atoms with van der Waals surface area (Å²) in [5.74, 6) is -0.0490. The standard InChI is InChI=1S/C15H9BrINO2S/c1-8-6-9(2-4-11(8)17)14-18-12(15(19)20-14)7-10-3-5-13(16)21-10/h2-7H,1H3/b12-7-. The summed E-state index contributed by atoms with van der Waals surface area (Å²) in [5.41, 5.74) is 2.28. The van der Waals surface area contributed by atoms with Crippen molar-refractivity contribution in [2.45, 2.75) is 6.92 Å². The summed E-state index contributed by atoms with van der Waals surface area (Å²) in [6, 6.07) is 9.73. The van der Waals surface area contributed by atoms with Crippen LogP contribution in [0.1, 0.15) is 16.0 Å². The predicted octanol–water partition coefficient (Wildman–Crippen LogP) is 4.77. The molecule has 1 aliphatic rings. The molecular weight excluding hydrogens is 465 g/mol. The number of cyclic esters (lactones) is 1. The molecule has 0 fully saturated rings. The first kappa shape index (κ1) is 14.9. The molecule has 3 nitrogen and oxygen atoms in total. The van der Waals surface area contributed by atoms with Gasteiger partial charge in [0, 0.05) is 14.0 Å². The van der Waals surface area contributed by atoms with E-state index in [1.54, 1.807) is 17.4 Å². The number of benzene rings is 1. The van der Waals surface area contributed by atoms with E-state index in [0.717, 1.165) is 19.8 Å². The van der Waals surface area contributed by atoms with E-state index in [9.17, 15) is 4.79 Å². The molecule has 0 aliphatic carbocycles. The van der Waals surface area contributed by atoms with Crippen LogP contribution in [0.2, 0.25) is 0 Å². The Hall–Kier alpha value is -0.990. The molecule has 0 unspecified atom stereocenters. The monoisotopic (exact) mass is 473 g/mol. The van der Waals surface area contributed by atoms with Crippen LogP contribution in [0.15, 0.2) is 44.8 Å². The number of esters is 1. The van der Waals surface area contributed by atoms with E-state index in [1.807, 2.05) is 37.3 Å². The van der Waals surface area contributed by atoms with Gasteiger partial charge in [-0.05, 0) is 87.4 Å². The molecule has 3 rings (SSSR count). The first-order valence-corrected chi connectivity index (χ1v) is 8.76. The zero-order valence-electron chi connectivity index (χ0n) is 10.9. The Morgan fingerprint density at radius 1 is 1.33 bits per heavy atom. The molecule has 106 valence electrons. The smallest absolute Gasteiger partial charge is 0.363 e. The average Bonchev–Trinajstić information content (AvgIpc) is 3.00. The van der Waals surface area contributed by atoms with Gasteiger partial charge in [-0.2, -0.15) is 0 Å². The Morgan fingerprint density at radius 2 is 2.14 bits per heavy atom. The van der Waals surface area contributed by atoms with Gasteiger partial charge >= 0.3 is 5.97 Å². The molecule has 6 heteroatoms. The molecule has 1 aromatic heterocycles. The molecule has 0 atom stereocenters. The predicted molar refractivity (Wildman–Crippen MR) is 96.5 cm³/mol. The average molecular weight is 474 g/mol. The van der Waals surface area contributed by atoms with Crippen molar-refractivity contribution in [3.8, 4) is 0 Å². The van der Waals surface area contributed by atoms with Gasteiger partial charge in [-0.25, -0.2) is 9.79 Å². The summed E-state index contributed by atoms with van der Waals surface area (Å²) in [4.78, 5) is 17.2. The van der Waals surface area contributed by atoms with Crippen LogP contribution in [0, 0.1) is 10.5 Å². The van der Waals surface area contributed by atoms with Gasteiger partial charge in [-0.3, -0.25) is 0 Å². The second kappa shape index (κ2) is 6.02. The van der Waals surface area contributed by atoms with Gasteiger partial charge in [0.2, 0.25) is 5.90 Å². The molecule has 2 heterocycles. The van der Waals surface area contributed by atoms with Crippen LogP contribution in [0.25, 0.3) is 6.08 Å². The molecule has 1 aliphatic heterocycles. The third-order valence-corrected chi connectivity index (χ3v) is 5.68. The number of thiophene rings is 1. The Balaban J connectivity index is 1.95. The van der Waals surface area contributed by atoms with Crippen molar-refractivity contribution >= 4 is 67.8 Å². The number of carbonyl (C=O) groups is 1. The van der Waals surface area contributed by atoms with Crippen LogP contribution in [0.5, 0.6) is 0 Å². The van der Waals surface area contributed by atoms with Crippen LogP contribution in [-0.4, -0.2) is 11.9 Å². The lowest BCUT2D eigenvalue weighted by atomic mass is 10.1. The maximum absolute atomic E-state index is 11.9. The minimum atomic E-state index is -0.411. The molecular formula is C15H9BrINO2S. The summed E-state index contributed by atoms with van der Waals surface area (Å²) < 4.78 is 7.45. The molecule has 2 aromatic rings. The van der Waals surface area contributed by atoms with Crippen LogP contribution < -0.4 is 0 Å². The first-order chi connectivity index (χ1) is 10.0. The fourth-order valence-corrected chi connectivity index (χ4v) is 3.55. The number of hydrogen-bond donors (Lipinski definition) is 0. The number of carbonyl (C=O) groups excluding carboxylic acids is 1. The fraction of sp³-hybridized carbons (Fsp3) is 0.0667. The minimum Gasteiger partial charge on any atom is -0.402 e. The Bertz CT molecular complexity index is 795. The summed E-state index contributed by atoms with van der Waals surface area (Å²) in [6.07, 6.45) is 1.74. The Morgan fingerprint density at radius 3 is 2.81 bits per heavy atom. The third kappa shape index (κ3) is 3.27. The normalized spacial score (nSPS) is 16.2. The summed E-state index contributed by atoms with van der Waals surface area (Å²) in [5, 5.41) is 0. The van der Waals surface area contributed by atoms with Crippen molar-refractivity contribution in [1.82, 2.24) is 0 Å². The van der Waals surface area contributed by atoms with E-state index in [2.05, 4.69) is 43.5 Å². The molecule has 0 radical (unpaired) electrons. The first-order valence-electron chi connectivity index (χ1n) is 6.07. The number of rotatable bonds is 2. The highest BCUT2D eigenvalue weighted by Crippen LogP contribution is 2.26. The fourth-order valence-electron chi connectivity index (χ4n) is 1.85. The molecule has 0 bridgehead atoms. The van der Waals surface area contributed by atoms with Crippen molar-refractivity contribution < 1.29 is 9.53 Å². The summed E-state index contributed by atoms with van der Waals surface area (Å²) >= 11 is 7.20. The lowest BCUT2D eigenvalue weighted by Gasteiger charge is -2.02. The zero-order valence-corrected chi connectivity index (χ0v) is 15.5. The molecule has 0 amide bonds. The second-order valence-corrected chi connectivity index (χ2v) is 8.10. The van der Waals surface area contributed by atoms with E-state index >= 15 is 0 Å². The zero-order chi connectivity index (χ0) is 15.0. The minimum absolute atomic E-state index is 0.329. The van der Waals surface area contributed by atoms with Crippen molar-refractivity contribution in [3.63, 3.8) is 0 Å². The van der Waals surface area contributed by atoms with Crippen molar-refractivity contribution in [3.05, 3.63) is 59.4 Å². The highest BCUT2D eigenvalue weighted by molar-refractivity contribution is 14.1. The number of aryl methyl sites for hydroxylation is 1. The van der Waals surface area contributed by atoms with Crippen LogP contribution in [0.3, 0.4) is 0 Å². The number of nitrogens with zero attached hydrogens (tertiary/aromatic N) is 1. The van der Waals surface area contributed by atoms with Gasteiger partial charge in [0.1, 0.15) is 0 Å². The van der Waals surface area contributed by atoms with Gasteiger partial charge in [0.15, 0.2) is 5.70 Å². The molecule has 0 saturated heterocycles. The molecule has 0 spiro atoms. The molecule has 0 saturated carbocycles. The number of aliphatic imine (C=N–C) groups is 1. The van der Waals surface area contributed by atoms with Crippen molar-refractivity contribution in [2.24, 2.45) is 4.99 Å². The lowest BCUT2D eigenvalue weighted by Crippen LogP contribution is -2.05. The maximum atomic E-state index is 11.9. The van der Waals surface area contributed by atoms with Crippen molar-refractivity contribution in [2.75, 3.05) is 0 Å². The van der Waals surface area contributed by atoms with E-state index in [4.69, 9.17) is 4.74 Å². The van der Waals surface area contributed by atoms with E-state index in [0.29, 0.717) is 11.6 Å². The van der Waals surface area contributed by atoms with Gasteiger partial charge in [-0.1, -0.05) is 0 Å². The topological polar surface area (TPSA) is 38.7 Å². The van der Waals surface area contributed by atoms with Crippen LogP contribution in [0.4, 0.5) is 0 Å². The Kier molecular flexibility index (Phi) is 4.28. The largest absolute Gasteiger partial charge is 0.402 e. The number of hydrogen-bond acceptors (Lipinski definition) is 4. The summed E-state index contributed by atoms with van der Waals surface area (Å²) in [7, 11) is 0. The van der Waals surface area contributed by atoms with Gasteiger partial charge in [0.25, 0.3) is 0 Å². The molecule has 1 aromatic carbocycles. The third-order valence-electron chi connectivity index (χ3n) is 2.90. The second-order valence-electron chi connectivity index (χ2n) is 4.44.